The number of carbonyl (C=O) groups excluding carboxylic acids is 1. The Morgan fingerprint density at radius 1 is 1.42 bits per heavy atom. The Morgan fingerprint density at radius 3 is 2.89 bits per heavy atom. The van der Waals surface area contributed by atoms with Gasteiger partial charge in [0.1, 0.15) is 11.8 Å². The van der Waals surface area contributed by atoms with Crippen molar-refractivity contribution >= 4 is 23.4 Å². The van der Waals surface area contributed by atoms with E-state index in [9.17, 15) is 4.79 Å². The maximum absolute atomic E-state index is 11.5. The van der Waals surface area contributed by atoms with Gasteiger partial charge in [0.2, 0.25) is 5.91 Å². The predicted octanol–water partition coefficient (Wildman–Crippen LogP) is 2.39. The Balaban J connectivity index is 1.88. The molecule has 98 valence electrons. The van der Waals surface area contributed by atoms with Crippen molar-refractivity contribution in [1.29, 1.82) is 0 Å². The average Bonchev–Trinajstić information content (AvgIpc) is 2.81. The third kappa shape index (κ3) is 2.13. The Kier molecular flexibility index (Phi) is 2.83. The lowest BCUT2D eigenvalue weighted by atomic mass is 10.1. The van der Waals surface area contributed by atoms with Gasteiger partial charge in [-0.25, -0.2) is 4.98 Å². The smallest absolute Gasteiger partial charge is 0.260 e. The summed E-state index contributed by atoms with van der Waals surface area (Å²) in [5.41, 5.74) is 8.25. The molecule has 6 heteroatoms. The minimum Gasteiger partial charge on any atom is -0.436 e. The maximum atomic E-state index is 11.5. The molecule has 0 aliphatic carbocycles. The van der Waals surface area contributed by atoms with E-state index < -0.39 is 6.04 Å². The molecule has 1 unspecified atom stereocenters. The van der Waals surface area contributed by atoms with Crippen LogP contribution < -0.4 is 11.1 Å². The van der Waals surface area contributed by atoms with E-state index in [0.29, 0.717) is 5.22 Å². The van der Waals surface area contributed by atoms with Gasteiger partial charge in [0.15, 0.2) is 0 Å². The lowest BCUT2D eigenvalue weighted by molar-refractivity contribution is -0.116. The van der Waals surface area contributed by atoms with Crippen LogP contribution in [-0.4, -0.2) is 10.9 Å². The van der Waals surface area contributed by atoms with Crippen LogP contribution in [0.25, 0.3) is 0 Å². The first-order valence-electron chi connectivity index (χ1n) is 5.87. The normalized spacial score (nSPS) is 17.4. The number of amides is 1. The third-order valence-corrected chi connectivity index (χ3v) is 3.95. The fourth-order valence-corrected chi connectivity index (χ4v) is 2.78. The molecule has 0 spiro atoms. The van der Waals surface area contributed by atoms with Gasteiger partial charge in [-0.1, -0.05) is 6.07 Å². The van der Waals surface area contributed by atoms with Gasteiger partial charge < -0.3 is 15.5 Å². The SMILES string of the molecule is Cc1nc(Sc2ccc3c(c2)NC(=O)C3N)oc1C. The highest BCUT2D eigenvalue weighted by molar-refractivity contribution is 7.99. The van der Waals surface area contributed by atoms with Crippen LogP contribution in [0.3, 0.4) is 0 Å². The second-order valence-electron chi connectivity index (χ2n) is 4.44. The number of hydrogen-bond donors (Lipinski definition) is 2. The monoisotopic (exact) mass is 275 g/mol. The highest BCUT2D eigenvalue weighted by Crippen LogP contribution is 2.35. The van der Waals surface area contributed by atoms with E-state index in [-0.39, 0.29) is 5.91 Å². The Bertz CT molecular complexity index is 646. The highest BCUT2D eigenvalue weighted by Gasteiger charge is 2.27. The number of nitrogens with two attached hydrogens (primary N) is 1. The van der Waals surface area contributed by atoms with Crippen molar-refractivity contribution in [1.82, 2.24) is 4.98 Å². The molecule has 1 aliphatic heterocycles. The first-order valence-corrected chi connectivity index (χ1v) is 6.68. The summed E-state index contributed by atoms with van der Waals surface area (Å²) in [5, 5.41) is 3.36. The standard InChI is InChI=1S/C13H13N3O2S/c1-6-7(2)18-13(15-6)19-8-3-4-9-10(5-8)16-12(17)11(9)14/h3-5,11H,14H2,1-2H3,(H,16,17). The molecule has 2 heterocycles. The van der Waals surface area contributed by atoms with Crippen molar-refractivity contribution in [2.45, 2.75) is 30.0 Å². The summed E-state index contributed by atoms with van der Waals surface area (Å²) in [6.07, 6.45) is 0. The van der Waals surface area contributed by atoms with E-state index in [4.69, 9.17) is 10.2 Å². The minimum absolute atomic E-state index is 0.167. The molecule has 0 saturated heterocycles. The van der Waals surface area contributed by atoms with Crippen molar-refractivity contribution in [3.63, 3.8) is 0 Å². The average molecular weight is 275 g/mol. The van der Waals surface area contributed by atoms with Crippen LogP contribution >= 0.6 is 11.8 Å². The molecular weight excluding hydrogens is 262 g/mol. The largest absolute Gasteiger partial charge is 0.436 e. The van der Waals surface area contributed by atoms with Gasteiger partial charge in [-0.05, 0) is 37.7 Å². The van der Waals surface area contributed by atoms with Crippen molar-refractivity contribution < 1.29 is 9.21 Å². The second kappa shape index (κ2) is 4.40. The molecule has 0 bridgehead atoms. The molecule has 3 N–H and O–H groups in total. The van der Waals surface area contributed by atoms with Gasteiger partial charge in [-0.3, -0.25) is 4.79 Å². The molecule has 1 atom stereocenters. The molecule has 1 aliphatic rings. The van der Waals surface area contributed by atoms with Crippen molar-refractivity contribution in [3.05, 3.63) is 35.2 Å². The molecule has 1 aromatic heterocycles. The zero-order valence-electron chi connectivity index (χ0n) is 10.6. The molecule has 0 saturated carbocycles. The van der Waals surface area contributed by atoms with Gasteiger partial charge in [-0.2, -0.15) is 0 Å². The first kappa shape index (κ1) is 12.3. The second-order valence-corrected chi connectivity index (χ2v) is 5.46. The molecule has 2 aromatic rings. The van der Waals surface area contributed by atoms with Gasteiger partial charge in [0.05, 0.1) is 5.69 Å². The quantitative estimate of drug-likeness (QED) is 0.879. The number of nitrogens with one attached hydrogen (secondary N) is 1. The van der Waals surface area contributed by atoms with Gasteiger partial charge >= 0.3 is 0 Å². The van der Waals surface area contributed by atoms with Crippen LogP contribution in [0.1, 0.15) is 23.1 Å². The summed E-state index contributed by atoms with van der Waals surface area (Å²) >= 11 is 1.42. The number of carbonyl (C=O) groups is 1. The van der Waals surface area contributed by atoms with E-state index >= 15 is 0 Å². The van der Waals surface area contributed by atoms with Crippen LogP contribution in [0.2, 0.25) is 0 Å². The summed E-state index contributed by atoms with van der Waals surface area (Å²) in [6.45, 7) is 3.79. The summed E-state index contributed by atoms with van der Waals surface area (Å²) in [7, 11) is 0. The Morgan fingerprint density at radius 2 is 2.21 bits per heavy atom. The minimum atomic E-state index is -0.569. The van der Waals surface area contributed by atoms with Gasteiger partial charge in [0, 0.05) is 16.1 Å². The Labute approximate surface area is 114 Å². The van der Waals surface area contributed by atoms with Crippen LogP contribution in [-0.2, 0) is 4.79 Å². The number of aromatic nitrogens is 1. The Hall–Kier alpha value is -1.79. The van der Waals surface area contributed by atoms with E-state index in [1.54, 1.807) is 0 Å². The highest BCUT2D eigenvalue weighted by atomic mass is 32.2. The van der Waals surface area contributed by atoms with E-state index in [0.717, 1.165) is 27.6 Å². The third-order valence-electron chi connectivity index (χ3n) is 3.11. The van der Waals surface area contributed by atoms with Crippen molar-refractivity contribution in [2.75, 3.05) is 5.32 Å². The molecule has 19 heavy (non-hydrogen) atoms. The van der Waals surface area contributed by atoms with Gasteiger partial charge in [-0.15, -0.1) is 0 Å². The van der Waals surface area contributed by atoms with Crippen LogP contribution in [0.5, 0.6) is 0 Å². The topological polar surface area (TPSA) is 81.2 Å². The van der Waals surface area contributed by atoms with E-state index in [2.05, 4.69) is 10.3 Å². The van der Waals surface area contributed by atoms with E-state index in [1.807, 2.05) is 32.0 Å². The van der Waals surface area contributed by atoms with Crippen molar-refractivity contribution in [2.24, 2.45) is 5.73 Å². The molecule has 0 fully saturated rings. The number of benzene rings is 1. The molecule has 1 aromatic carbocycles. The first-order chi connectivity index (χ1) is 9.04. The zero-order chi connectivity index (χ0) is 13.6. The lowest BCUT2D eigenvalue weighted by Crippen LogP contribution is -2.19. The fraction of sp³-hybridized carbons (Fsp3) is 0.231. The summed E-state index contributed by atoms with van der Waals surface area (Å²) in [5.74, 6) is 0.652. The predicted molar refractivity (Wildman–Crippen MR) is 72.1 cm³/mol. The summed E-state index contributed by atoms with van der Waals surface area (Å²) in [4.78, 5) is 16.7. The number of nitrogens with zero attached hydrogens (tertiary/aromatic N) is 1. The molecule has 1 amide bonds. The molecule has 0 radical (unpaired) electrons. The van der Waals surface area contributed by atoms with Gasteiger partial charge in [0.25, 0.3) is 5.22 Å². The number of hydrogen-bond acceptors (Lipinski definition) is 5. The molecule has 5 nitrogen and oxygen atoms in total. The summed E-state index contributed by atoms with van der Waals surface area (Å²) in [6, 6.07) is 5.10. The number of rotatable bonds is 2. The maximum Gasteiger partial charge on any atom is 0.260 e. The van der Waals surface area contributed by atoms with Crippen LogP contribution in [0, 0.1) is 13.8 Å². The summed E-state index contributed by atoms with van der Waals surface area (Å²) < 4.78 is 5.52. The molecular formula is C13H13N3O2S. The zero-order valence-corrected chi connectivity index (χ0v) is 11.4. The fourth-order valence-electron chi connectivity index (χ4n) is 1.92. The van der Waals surface area contributed by atoms with Crippen molar-refractivity contribution in [3.8, 4) is 0 Å². The molecule has 3 rings (SSSR count). The lowest BCUT2D eigenvalue weighted by Gasteiger charge is -2.03. The van der Waals surface area contributed by atoms with Crippen LogP contribution in [0.4, 0.5) is 5.69 Å². The number of oxazole rings is 1. The number of aryl methyl sites for hydroxylation is 2. The number of fused-ring (bicyclic) bond motifs is 1. The number of anilines is 1. The van der Waals surface area contributed by atoms with E-state index in [1.165, 1.54) is 11.8 Å². The van der Waals surface area contributed by atoms with Crippen LogP contribution in [0.15, 0.2) is 32.7 Å².